The summed E-state index contributed by atoms with van der Waals surface area (Å²) in [6, 6.07) is 25.3. The van der Waals surface area contributed by atoms with Crippen molar-refractivity contribution in [3.63, 3.8) is 0 Å². The molecule has 0 fully saturated rings. The maximum atomic E-state index is 12.6. The molecule has 0 amide bonds. The molecule has 0 bridgehead atoms. The van der Waals surface area contributed by atoms with Crippen LogP contribution in [-0.4, -0.2) is 18.2 Å². The molecule has 0 atom stereocenters. The van der Waals surface area contributed by atoms with Crippen molar-refractivity contribution in [3.05, 3.63) is 107 Å². The summed E-state index contributed by atoms with van der Waals surface area (Å²) in [5, 5.41) is 6.52. The van der Waals surface area contributed by atoms with Gasteiger partial charge in [-0.15, -0.1) is 0 Å². The summed E-state index contributed by atoms with van der Waals surface area (Å²) in [5.41, 5.74) is 3.09. The van der Waals surface area contributed by atoms with Crippen LogP contribution in [0.4, 0.5) is 0 Å². The van der Waals surface area contributed by atoms with Crippen LogP contribution in [-0.2, 0) is 9.84 Å². The third-order valence-electron chi connectivity index (χ3n) is 4.38. The van der Waals surface area contributed by atoms with E-state index >= 15 is 0 Å². The number of benzene rings is 3. The minimum absolute atomic E-state index is 0.250. The molecule has 0 radical (unpaired) electrons. The highest BCUT2D eigenvalue weighted by molar-refractivity contribution is 7.94. The molecule has 1 heterocycles. The molecule has 0 spiro atoms. The Morgan fingerprint density at radius 3 is 2.10 bits per heavy atom. The van der Waals surface area contributed by atoms with Gasteiger partial charge in [0.2, 0.25) is 0 Å². The minimum Gasteiger partial charge on any atom is -0.240 e. The number of halogens is 1. The van der Waals surface area contributed by atoms with Gasteiger partial charge in [0, 0.05) is 27.8 Å². The van der Waals surface area contributed by atoms with Gasteiger partial charge in [-0.25, -0.2) is 13.1 Å². The Bertz CT molecular complexity index is 1250. The average molecular weight is 421 g/mol. The minimum atomic E-state index is -3.56. The van der Waals surface area contributed by atoms with Gasteiger partial charge in [-0.2, -0.15) is 5.10 Å². The standard InChI is InChI=1S/C23H17ClN2O2S/c24-20-13-11-18(12-14-20)23-19(17-26(25-23)21-7-3-1-4-8-21)15-16-29(27,28)22-9-5-2-6-10-22/h1-17H/b16-15+. The smallest absolute Gasteiger partial charge is 0.199 e. The van der Waals surface area contributed by atoms with Crippen LogP contribution in [0.1, 0.15) is 5.56 Å². The van der Waals surface area contributed by atoms with Crippen molar-refractivity contribution in [2.24, 2.45) is 0 Å². The fourth-order valence-corrected chi connectivity index (χ4v) is 4.05. The topological polar surface area (TPSA) is 52.0 Å². The zero-order valence-electron chi connectivity index (χ0n) is 15.3. The van der Waals surface area contributed by atoms with Gasteiger partial charge in [0.1, 0.15) is 0 Å². The van der Waals surface area contributed by atoms with E-state index in [1.165, 1.54) is 5.41 Å². The molecule has 1 aromatic heterocycles. The van der Waals surface area contributed by atoms with Crippen LogP contribution in [0.25, 0.3) is 23.0 Å². The van der Waals surface area contributed by atoms with Crippen molar-refractivity contribution in [3.8, 4) is 16.9 Å². The van der Waals surface area contributed by atoms with E-state index in [1.54, 1.807) is 53.2 Å². The Labute approximate surface area is 174 Å². The SMILES string of the molecule is O=S(=O)(/C=C/c1cn(-c2ccccc2)nc1-c1ccc(Cl)cc1)c1ccccc1. The van der Waals surface area contributed by atoms with Crippen molar-refractivity contribution >= 4 is 27.5 Å². The van der Waals surface area contributed by atoms with Gasteiger partial charge in [0.25, 0.3) is 0 Å². The second kappa shape index (κ2) is 8.07. The third kappa shape index (κ3) is 4.31. The Morgan fingerprint density at radius 1 is 0.828 bits per heavy atom. The highest BCUT2D eigenvalue weighted by Gasteiger charge is 2.13. The Balaban J connectivity index is 1.79. The Hall–Kier alpha value is -3.15. The summed E-state index contributed by atoms with van der Waals surface area (Å²) < 4.78 is 27.0. The molecule has 4 rings (SSSR count). The molecule has 4 aromatic rings. The van der Waals surface area contributed by atoms with E-state index < -0.39 is 9.84 Å². The molecule has 0 N–H and O–H groups in total. The van der Waals surface area contributed by atoms with Crippen LogP contribution in [0.3, 0.4) is 0 Å². The quantitative estimate of drug-likeness (QED) is 0.420. The van der Waals surface area contributed by atoms with Gasteiger partial charge in [0.15, 0.2) is 9.84 Å². The molecule has 0 unspecified atom stereocenters. The number of nitrogens with zero attached hydrogens (tertiary/aromatic N) is 2. The van der Waals surface area contributed by atoms with E-state index in [0.717, 1.165) is 11.3 Å². The molecule has 29 heavy (non-hydrogen) atoms. The Morgan fingerprint density at radius 2 is 1.45 bits per heavy atom. The van der Waals surface area contributed by atoms with Crippen LogP contribution < -0.4 is 0 Å². The summed E-state index contributed by atoms with van der Waals surface area (Å²) >= 11 is 6.01. The molecule has 144 valence electrons. The molecule has 0 saturated carbocycles. The summed E-state index contributed by atoms with van der Waals surface area (Å²) in [7, 11) is -3.56. The van der Waals surface area contributed by atoms with Crippen molar-refractivity contribution in [1.82, 2.24) is 9.78 Å². The van der Waals surface area contributed by atoms with Gasteiger partial charge in [-0.1, -0.05) is 60.1 Å². The third-order valence-corrected chi connectivity index (χ3v) is 6.06. The second-order valence-corrected chi connectivity index (χ2v) is 8.65. The molecular formula is C23H17ClN2O2S. The highest BCUT2D eigenvalue weighted by atomic mass is 35.5. The van der Waals surface area contributed by atoms with E-state index in [1.807, 2.05) is 48.7 Å². The van der Waals surface area contributed by atoms with Crippen molar-refractivity contribution in [2.75, 3.05) is 0 Å². The monoisotopic (exact) mass is 420 g/mol. The van der Waals surface area contributed by atoms with Gasteiger partial charge >= 0.3 is 0 Å². The fourth-order valence-electron chi connectivity index (χ4n) is 2.91. The van der Waals surface area contributed by atoms with Crippen molar-refractivity contribution in [2.45, 2.75) is 4.90 Å². The molecule has 0 aliphatic rings. The number of hydrogen-bond acceptors (Lipinski definition) is 3. The molecule has 6 heteroatoms. The normalized spacial score (nSPS) is 11.8. The zero-order valence-corrected chi connectivity index (χ0v) is 16.9. The molecule has 0 aliphatic heterocycles. The second-order valence-electron chi connectivity index (χ2n) is 6.38. The summed E-state index contributed by atoms with van der Waals surface area (Å²) in [5.74, 6) is 0. The zero-order chi connectivity index (χ0) is 20.3. The van der Waals surface area contributed by atoms with Crippen molar-refractivity contribution in [1.29, 1.82) is 0 Å². The van der Waals surface area contributed by atoms with Crippen molar-refractivity contribution < 1.29 is 8.42 Å². The van der Waals surface area contributed by atoms with Gasteiger partial charge in [-0.3, -0.25) is 0 Å². The number of para-hydroxylation sites is 1. The molecule has 0 saturated heterocycles. The number of sulfone groups is 1. The summed E-state index contributed by atoms with van der Waals surface area (Å²) in [6.07, 6.45) is 3.40. The first-order valence-corrected chi connectivity index (χ1v) is 10.8. The lowest BCUT2D eigenvalue weighted by atomic mass is 10.1. The maximum absolute atomic E-state index is 12.6. The summed E-state index contributed by atoms with van der Waals surface area (Å²) in [6.45, 7) is 0. The first kappa shape index (κ1) is 19.2. The van der Waals surface area contributed by atoms with Crippen LogP contribution >= 0.6 is 11.6 Å². The lowest BCUT2D eigenvalue weighted by molar-refractivity contribution is 0.605. The number of aromatic nitrogens is 2. The first-order chi connectivity index (χ1) is 14.0. The number of rotatable bonds is 5. The van der Waals surface area contributed by atoms with E-state index in [4.69, 9.17) is 11.6 Å². The predicted molar refractivity (Wildman–Crippen MR) is 117 cm³/mol. The lowest BCUT2D eigenvalue weighted by Crippen LogP contribution is -1.95. The maximum Gasteiger partial charge on any atom is 0.199 e. The van der Waals surface area contributed by atoms with Gasteiger partial charge in [-0.05, 0) is 42.5 Å². The summed E-state index contributed by atoms with van der Waals surface area (Å²) in [4.78, 5) is 0.250. The highest BCUT2D eigenvalue weighted by Crippen LogP contribution is 2.27. The average Bonchev–Trinajstić information content (AvgIpc) is 3.19. The van der Waals surface area contributed by atoms with Gasteiger partial charge in [0.05, 0.1) is 16.3 Å². The predicted octanol–water partition coefficient (Wildman–Crippen LogP) is 5.64. The van der Waals surface area contributed by atoms with Crippen LogP contribution in [0.5, 0.6) is 0 Å². The lowest BCUT2D eigenvalue weighted by Gasteiger charge is -2.01. The molecular weight excluding hydrogens is 404 g/mol. The molecule has 3 aromatic carbocycles. The largest absolute Gasteiger partial charge is 0.240 e. The van der Waals surface area contributed by atoms with Crippen LogP contribution in [0.15, 0.2) is 101 Å². The fraction of sp³-hybridized carbons (Fsp3) is 0. The van der Waals surface area contributed by atoms with Crippen LogP contribution in [0.2, 0.25) is 5.02 Å². The van der Waals surface area contributed by atoms with E-state index in [-0.39, 0.29) is 4.90 Å². The first-order valence-electron chi connectivity index (χ1n) is 8.92. The van der Waals surface area contributed by atoms with E-state index in [9.17, 15) is 8.42 Å². The Kier molecular flexibility index (Phi) is 5.34. The number of hydrogen-bond donors (Lipinski definition) is 0. The van der Waals surface area contributed by atoms with Gasteiger partial charge < -0.3 is 0 Å². The molecule has 0 aliphatic carbocycles. The van der Waals surface area contributed by atoms with Crippen LogP contribution in [0, 0.1) is 0 Å². The van der Waals surface area contributed by atoms with E-state index in [2.05, 4.69) is 5.10 Å². The van der Waals surface area contributed by atoms with E-state index in [0.29, 0.717) is 16.3 Å². The molecule has 4 nitrogen and oxygen atoms in total.